The van der Waals surface area contributed by atoms with E-state index in [1.165, 1.54) is 4.68 Å². The first-order valence-electron chi connectivity index (χ1n) is 6.64. The van der Waals surface area contributed by atoms with Gasteiger partial charge < -0.3 is 10.4 Å². The minimum Gasteiger partial charge on any atom is -0.481 e. The predicted molar refractivity (Wildman–Crippen MR) is 78.3 cm³/mol. The number of carboxylic acids is 1. The minimum atomic E-state index is -0.905. The Morgan fingerprint density at radius 1 is 1.33 bits per heavy atom. The second-order valence-corrected chi connectivity index (χ2v) is 4.72. The third-order valence-electron chi connectivity index (χ3n) is 3.07. The summed E-state index contributed by atoms with van der Waals surface area (Å²) in [6.07, 6.45) is 0.685. The summed E-state index contributed by atoms with van der Waals surface area (Å²) in [7, 11) is 1.72. The van der Waals surface area contributed by atoms with Crippen molar-refractivity contribution < 1.29 is 14.7 Å². The molecule has 0 fully saturated rings. The number of benzene rings is 1. The molecule has 6 nitrogen and oxygen atoms in total. The van der Waals surface area contributed by atoms with E-state index in [-0.39, 0.29) is 12.3 Å². The van der Waals surface area contributed by atoms with Gasteiger partial charge in [-0.3, -0.25) is 14.3 Å². The molecule has 0 unspecified atom stereocenters. The standard InChI is InChI=1S/C15H17N3O3/c1-3-11-9-13(18(2)17-11)15(21)16-12-6-4-5-10(7-12)8-14(19)20/h4-7,9H,3,8H2,1-2H3,(H,16,21)(H,19,20). The van der Waals surface area contributed by atoms with Crippen molar-refractivity contribution in [2.45, 2.75) is 19.8 Å². The molecule has 21 heavy (non-hydrogen) atoms. The molecule has 6 heteroatoms. The van der Waals surface area contributed by atoms with Gasteiger partial charge in [-0.25, -0.2) is 0 Å². The Bertz CT molecular complexity index is 677. The molecule has 0 bridgehead atoms. The van der Waals surface area contributed by atoms with Gasteiger partial charge in [-0.1, -0.05) is 19.1 Å². The van der Waals surface area contributed by atoms with Gasteiger partial charge in [0, 0.05) is 12.7 Å². The molecule has 1 amide bonds. The summed E-state index contributed by atoms with van der Waals surface area (Å²) in [6, 6.07) is 8.55. The normalized spacial score (nSPS) is 10.4. The largest absolute Gasteiger partial charge is 0.481 e. The molecule has 1 heterocycles. The molecule has 0 saturated heterocycles. The van der Waals surface area contributed by atoms with Crippen molar-refractivity contribution in [1.82, 2.24) is 9.78 Å². The molecular weight excluding hydrogens is 270 g/mol. The summed E-state index contributed by atoms with van der Waals surface area (Å²) in [5.74, 6) is -1.17. The first-order valence-corrected chi connectivity index (χ1v) is 6.64. The number of aromatic nitrogens is 2. The molecule has 1 aromatic heterocycles. The van der Waals surface area contributed by atoms with Gasteiger partial charge in [-0.15, -0.1) is 0 Å². The van der Waals surface area contributed by atoms with E-state index >= 15 is 0 Å². The summed E-state index contributed by atoms with van der Waals surface area (Å²) in [5, 5.41) is 15.8. The minimum absolute atomic E-state index is 0.0740. The Morgan fingerprint density at radius 3 is 2.71 bits per heavy atom. The highest BCUT2D eigenvalue weighted by Gasteiger charge is 2.13. The third-order valence-corrected chi connectivity index (χ3v) is 3.07. The highest BCUT2D eigenvalue weighted by molar-refractivity contribution is 6.03. The van der Waals surface area contributed by atoms with Crippen LogP contribution < -0.4 is 5.32 Å². The zero-order chi connectivity index (χ0) is 15.4. The highest BCUT2D eigenvalue weighted by atomic mass is 16.4. The number of nitrogens with zero attached hydrogens (tertiary/aromatic N) is 2. The van der Waals surface area contributed by atoms with Crippen LogP contribution in [0.3, 0.4) is 0 Å². The molecule has 0 aliphatic carbocycles. The van der Waals surface area contributed by atoms with Crippen LogP contribution >= 0.6 is 0 Å². The van der Waals surface area contributed by atoms with Crippen LogP contribution in [0.25, 0.3) is 0 Å². The number of aryl methyl sites for hydroxylation is 2. The maximum atomic E-state index is 12.2. The maximum Gasteiger partial charge on any atom is 0.307 e. The number of rotatable bonds is 5. The van der Waals surface area contributed by atoms with Gasteiger partial charge in [0.1, 0.15) is 5.69 Å². The second kappa shape index (κ2) is 6.21. The molecule has 0 aliphatic rings. The van der Waals surface area contributed by atoms with E-state index in [1.807, 2.05) is 6.92 Å². The molecule has 0 aliphatic heterocycles. The number of carbonyl (C=O) groups is 2. The molecule has 2 N–H and O–H groups in total. The Morgan fingerprint density at radius 2 is 2.10 bits per heavy atom. The quantitative estimate of drug-likeness (QED) is 0.879. The lowest BCUT2D eigenvalue weighted by Crippen LogP contribution is -2.16. The average Bonchev–Trinajstić information content (AvgIpc) is 2.80. The summed E-state index contributed by atoms with van der Waals surface area (Å²) in [4.78, 5) is 22.9. The molecule has 2 aromatic rings. The summed E-state index contributed by atoms with van der Waals surface area (Å²) in [5.41, 5.74) is 2.52. The smallest absolute Gasteiger partial charge is 0.307 e. The van der Waals surface area contributed by atoms with Crippen LogP contribution in [0.15, 0.2) is 30.3 Å². The van der Waals surface area contributed by atoms with Crippen LogP contribution in [0.1, 0.15) is 28.7 Å². The van der Waals surface area contributed by atoms with Crippen LogP contribution in [0.2, 0.25) is 0 Å². The fourth-order valence-corrected chi connectivity index (χ4v) is 2.04. The molecule has 1 aromatic carbocycles. The van der Waals surface area contributed by atoms with E-state index in [0.717, 1.165) is 12.1 Å². The monoisotopic (exact) mass is 287 g/mol. The zero-order valence-corrected chi connectivity index (χ0v) is 12.0. The van der Waals surface area contributed by atoms with Crippen LogP contribution in [0, 0.1) is 0 Å². The lowest BCUT2D eigenvalue weighted by Gasteiger charge is -2.06. The Labute approximate surface area is 122 Å². The second-order valence-electron chi connectivity index (χ2n) is 4.72. The molecule has 0 radical (unpaired) electrons. The molecule has 2 rings (SSSR count). The Hall–Kier alpha value is -2.63. The third kappa shape index (κ3) is 3.68. The number of carbonyl (C=O) groups excluding carboxylic acids is 1. The fraction of sp³-hybridized carbons (Fsp3) is 0.267. The Balaban J connectivity index is 2.15. The van der Waals surface area contributed by atoms with Gasteiger partial charge in [0.15, 0.2) is 0 Å². The van der Waals surface area contributed by atoms with Gasteiger partial charge in [0.05, 0.1) is 12.1 Å². The van der Waals surface area contributed by atoms with Crippen molar-refractivity contribution in [1.29, 1.82) is 0 Å². The van der Waals surface area contributed by atoms with E-state index in [1.54, 1.807) is 37.4 Å². The van der Waals surface area contributed by atoms with E-state index in [0.29, 0.717) is 16.9 Å². The van der Waals surface area contributed by atoms with Crippen LogP contribution in [-0.2, 0) is 24.7 Å². The number of hydrogen-bond donors (Lipinski definition) is 2. The van der Waals surface area contributed by atoms with E-state index < -0.39 is 5.97 Å². The number of hydrogen-bond acceptors (Lipinski definition) is 3. The van der Waals surface area contributed by atoms with Crippen molar-refractivity contribution in [3.05, 3.63) is 47.3 Å². The number of carboxylic acid groups (broad SMARTS) is 1. The summed E-state index contributed by atoms with van der Waals surface area (Å²) >= 11 is 0. The van der Waals surface area contributed by atoms with Gasteiger partial charge >= 0.3 is 5.97 Å². The van der Waals surface area contributed by atoms with Gasteiger partial charge in [-0.2, -0.15) is 5.10 Å². The fourth-order valence-electron chi connectivity index (χ4n) is 2.04. The zero-order valence-electron chi connectivity index (χ0n) is 12.0. The lowest BCUT2D eigenvalue weighted by atomic mass is 10.1. The van der Waals surface area contributed by atoms with E-state index in [9.17, 15) is 9.59 Å². The van der Waals surface area contributed by atoms with Crippen molar-refractivity contribution >= 4 is 17.6 Å². The van der Waals surface area contributed by atoms with Gasteiger partial charge in [0.2, 0.25) is 0 Å². The number of nitrogens with one attached hydrogen (secondary N) is 1. The van der Waals surface area contributed by atoms with E-state index in [4.69, 9.17) is 5.11 Å². The molecular formula is C15H17N3O3. The predicted octanol–water partition coefficient (Wildman–Crippen LogP) is 1.86. The van der Waals surface area contributed by atoms with Gasteiger partial charge in [0.25, 0.3) is 5.91 Å². The Kier molecular flexibility index (Phi) is 4.37. The summed E-state index contributed by atoms with van der Waals surface area (Å²) < 4.78 is 1.54. The van der Waals surface area contributed by atoms with Crippen LogP contribution in [0.5, 0.6) is 0 Å². The van der Waals surface area contributed by atoms with Gasteiger partial charge in [-0.05, 0) is 30.2 Å². The van der Waals surface area contributed by atoms with Crippen molar-refractivity contribution in [3.63, 3.8) is 0 Å². The van der Waals surface area contributed by atoms with Crippen molar-refractivity contribution in [2.75, 3.05) is 5.32 Å². The molecule has 110 valence electrons. The van der Waals surface area contributed by atoms with Crippen molar-refractivity contribution in [3.8, 4) is 0 Å². The summed E-state index contributed by atoms with van der Waals surface area (Å²) in [6.45, 7) is 1.97. The molecule has 0 atom stereocenters. The first-order chi connectivity index (χ1) is 9.99. The number of anilines is 1. The van der Waals surface area contributed by atoms with Crippen LogP contribution in [-0.4, -0.2) is 26.8 Å². The first kappa shape index (κ1) is 14.8. The number of aliphatic carboxylic acids is 1. The van der Waals surface area contributed by atoms with E-state index in [2.05, 4.69) is 10.4 Å². The molecule has 0 spiro atoms. The number of amides is 1. The average molecular weight is 287 g/mol. The lowest BCUT2D eigenvalue weighted by molar-refractivity contribution is -0.136. The highest BCUT2D eigenvalue weighted by Crippen LogP contribution is 2.13. The maximum absolute atomic E-state index is 12.2. The van der Waals surface area contributed by atoms with Crippen LogP contribution in [0.4, 0.5) is 5.69 Å². The molecule has 0 saturated carbocycles. The topological polar surface area (TPSA) is 84.2 Å². The SMILES string of the molecule is CCc1cc(C(=O)Nc2cccc(CC(=O)O)c2)n(C)n1. The van der Waals surface area contributed by atoms with Crippen molar-refractivity contribution in [2.24, 2.45) is 7.05 Å².